The van der Waals surface area contributed by atoms with Gasteiger partial charge in [-0.15, -0.1) is 0 Å². The number of carbonyl (C=O) groups excluding carboxylic acids is 1. The molecule has 0 spiro atoms. The van der Waals surface area contributed by atoms with E-state index in [0.717, 1.165) is 0 Å². The van der Waals surface area contributed by atoms with Crippen molar-refractivity contribution in [3.63, 3.8) is 0 Å². The lowest BCUT2D eigenvalue weighted by atomic mass is 10.0. The Balaban J connectivity index is 2.45. The Hall–Kier alpha value is -1.62. The molecule has 0 aromatic heterocycles. The molecule has 2 N–H and O–H groups in total. The molecule has 2 rings (SSSR count). The number of nitrogens with one attached hydrogen (secondary N) is 1. The van der Waals surface area contributed by atoms with Crippen molar-refractivity contribution in [1.29, 1.82) is 0 Å². The van der Waals surface area contributed by atoms with E-state index in [1.165, 1.54) is 13.0 Å². The van der Waals surface area contributed by atoms with E-state index < -0.39 is 11.9 Å². The molecule has 4 nitrogen and oxygen atoms in total. The summed E-state index contributed by atoms with van der Waals surface area (Å²) in [5.74, 6) is -0.483. The number of halogens is 1. The molecule has 2 unspecified atom stereocenters. The summed E-state index contributed by atoms with van der Waals surface area (Å²) >= 11 is 0. The van der Waals surface area contributed by atoms with E-state index in [0.29, 0.717) is 25.2 Å². The Bertz CT molecular complexity index is 477. The highest BCUT2D eigenvalue weighted by atomic mass is 19.1. The van der Waals surface area contributed by atoms with Gasteiger partial charge >= 0.3 is 0 Å². The fourth-order valence-electron chi connectivity index (χ4n) is 2.60. The summed E-state index contributed by atoms with van der Waals surface area (Å²) < 4.78 is 13.9. The Kier molecular flexibility index (Phi) is 4.04. The number of hydrogen-bond acceptors (Lipinski definition) is 3. The van der Waals surface area contributed by atoms with Gasteiger partial charge in [-0.05, 0) is 25.5 Å². The van der Waals surface area contributed by atoms with Gasteiger partial charge in [-0.2, -0.15) is 0 Å². The molecule has 0 aliphatic carbocycles. The molecule has 1 aliphatic rings. The summed E-state index contributed by atoms with van der Waals surface area (Å²) in [5.41, 5.74) is 0.868. The van der Waals surface area contributed by atoms with Crippen molar-refractivity contribution in [1.82, 2.24) is 5.32 Å². The first-order valence-electron chi connectivity index (χ1n) is 6.57. The van der Waals surface area contributed by atoms with Crippen LogP contribution < -0.4 is 10.2 Å². The lowest BCUT2D eigenvalue weighted by Crippen LogP contribution is -2.55. The van der Waals surface area contributed by atoms with Crippen molar-refractivity contribution in [2.24, 2.45) is 0 Å². The number of amides is 1. The molecule has 1 aromatic rings. The molecule has 2 atom stereocenters. The molecule has 104 valence electrons. The highest BCUT2D eigenvalue weighted by molar-refractivity contribution is 5.86. The zero-order chi connectivity index (χ0) is 14.0. The van der Waals surface area contributed by atoms with Crippen molar-refractivity contribution >= 4 is 11.6 Å². The van der Waals surface area contributed by atoms with E-state index in [2.05, 4.69) is 5.32 Å². The predicted molar refractivity (Wildman–Crippen MR) is 71.5 cm³/mol. The van der Waals surface area contributed by atoms with Crippen LogP contribution >= 0.6 is 0 Å². The molecular formula is C14H19FN2O2. The average molecular weight is 266 g/mol. The Morgan fingerprint density at radius 3 is 2.95 bits per heavy atom. The van der Waals surface area contributed by atoms with Gasteiger partial charge in [-0.3, -0.25) is 4.79 Å². The van der Waals surface area contributed by atoms with Crippen LogP contribution in [0.1, 0.15) is 31.9 Å². The summed E-state index contributed by atoms with van der Waals surface area (Å²) in [5, 5.41) is 12.6. The first-order valence-corrected chi connectivity index (χ1v) is 6.57. The molecule has 5 heteroatoms. The summed E-state index contributed by atoms with van der Waals surface area (Å²) in [6.45, 7) is 4.61. The number of aliphatic hydroxyl groups is 1. The van der Waals surface area contributed by atoms with Crippen LogP contribution in [-0.4, -0.2) is 30.1 Å². The van der Waals surface area contributed by atoms with Crippen LogP contribution in [0.2, 0.25) is 0 Å². The number of nitrogens with zero attached hydrogens (tertiary/aromatic N) is 1. The Labute approximate surface area is 112 Å². The molecule has 1 saturated heterocycles. The van der Waals surface area contributed by atoms with Crippen LogP contribution in [0, 0.1) is 5.82 Å². The van der Waals surface area contributed by atoms with Crippen molar-refractivity contribution in [2.45, 2.75) is 32.4 Å². The summed E-state index contributed by atoms with van der Waals surface area (Å²) in [6.07, 6.45) is -0.264. The molecule has 1 amide bonds. The van der Waals surface area contributed by atoms with Gasteiger partial charge in [0.15, 0.2) is 0 Å². The first-order chi connectivity index (χ1) is 9.06. The minimum absolute atomic E-state index is 0.0467. The molecule has 0 saturated carbocycles. The van der Waals surface area contributed by atoms with Gasteiger partial charge < -0.3 is 15.3 Å². The van der Waals surface area contributed by atoms with Gasteiger partial charge in [-0.25, -0.2) is 4.39 Å². The second-order valence-corrected chi connectivity index (χ2v) is 4.76. The highest BCUT2D eigenvalue weighted by Gasteiger charge is 2.30. The number of anilines is 1. The summed E-state index contributed by atoms with van der Waals surface area (Å²) in [6, 6.07) is 4.38. The highest BCUT2D eigenvalue weighted by Crippen LogP contribution is 2.31. The number of carbonyl (C=O) groups is 1. The second-order valence-electron chi connectivity index (χ2n) is 4.76. The van der Waals surface area contributed by atoms with E-state index in [9.17, 15) is 14.3 Å². The summed E-state index contributed by atoms with van der Waals surface area (Å²) in [7, 11) is 0. The number of piperazine rings is 1. The molecule has 0 bridgehead atoms. The Morgan fingerprint density at radius 1 is 1.58 bits per heavy atom. The lowest BCUT2D eigenvalue weighted by Gasteiger charge is -2.37. The van der Waals surface area contributed by atoms with Gasteiger partial charge in [0, 0.05) is 24.3 Å². The van der Waals surface area contributed by atoms with Crippen LogP contribution in [0.25, 0.3) is 0 Å². The molecule has 1 aromatic carbocycles. The minimum Gasteiger partial charge on any atom is -0.389 e. The maximum absolute atomic E-state index is 13.9. The molecule has 0 radical (unpaired) electrons. The lowest BCUT2D eigenvalue weighted by molar-refractivity contribution is -0.123. The minimum atomic E-state index is -0.904. The van der Waals surface area contributed by atoms with Gasteiger partial charge in [0.2, 0.25) is 5.91 Å². The van der Waals surface area contributed by atoms with E-state index in [1.54, 1.807) is 12.1 Å². The third kappa shape index (κ3) is 2.56. The maximum atomic E-state index is 13.9. The first kappa shape index (κ1) is 13.8. The average Bonchev–Trinajstić information content (AvgIpc) is 2.37. The van der Waals surface area contributed by atoms with Gasteiger partial charge in [0.25, 0.3) is 0 Å². The zero-order valence-electron chi connectivity index (χ0n) is 11.2. The monoisotopic (exact) mass is 266 g/mol. The topological polar surface area (TPSA) is 52.6 Å². The number of benzene rings is 1. The molecule has 19 heavy (non-hydrogen) atoms. The van der Waals surface area contributed by atoms with Crippen LogP contribution in [0.5, 0.6) is 0 Å². The van der Waals surface area contributed by atoms with Crippen molar-refractivity contribution in [2.75, 3.05) is 18.0 Å². The number of rotatable bonds is 3. The second kappa shape index (κ2) is 5.57. The zero-order valence-corrected chi connectivity index (χ0v) is 11.2. The van der Waals surface area contributed by atoms with Crippen LogP contribution in [0.15, 0.2) is 18.2 Å². The third-order valence-electron chi connectivity index (χ3n) is 3.47. The largest absolute Gasteiger partial charge is 0.389 e. The standard InChI is InChI=1S/C14H19FN2O2/c1-3-11-14(19)16-7-8-17(11)12-6-4-5-10(15)13(12)9(2)18/h4-6,9,11,18H,3,7-8H2,1-2H3,(H,16,19). The molecule has 1 heterocycles. The normalized spacial score (nSPS) is 21.2. The van der Waals surface area contributed by atoms with E-state index in [-0.39, 0.29) is 17.5 Å². The van der Waals surface area contributed by atoms with E-state index >= 15 is 0 Å². The number of hydrogen-bond donors (Lipinski definition) is 2. The van der Waals surface area contributed by atoms with Crippen LogP contribution in [-0.2, 0) is 4.79 Å². The van der Waals surface area contributed by atoms with Crippen LogP contribution in [0.4, 0.5) is 10.1 Å². The smallest absolute Gasteiger partial charge is 0.242 e. The fourth-order valence-corrected chi connectivity index (χ4v) is 2.60. The van der Waals surface area contributed by atoms with E-state index in [1.807, 2.05) is 11.8 Å². The van der Waals surface area contributed by atoms with Crippen molar-refractivity contribution in [3.8, 4) is 0 Å². The summed E-state index contributed by atoms with van der Waals surface area (Å²) in [4.78, 5) is 13.7. The quantitative estimate of drug-likeness (QED) is 0.873. The van der Waals surface area contributed by atoms with Gasteiger partial charge in [0.1, 0.15) is 11.9 Å². The van der Waals surface area contributed by atoms with Gasteiger partial charge in [-0.1, -0.05) is 13.0 Å². The van der Waals surface area contributed by atoms with Gasteiger partial charge in [0.05, 0.1) is 6.10 Å². The third-order valence-corrected chi connectivity index (χ3v) is 3.47. The fraction of sp³-hybridized carbons (Fsp3) is 0.500. The SMILES string of the molecule is CCC1C(=O)NCCN1c1cccc(F)c1C(C)O. The predicted octanol–water partition coefficient (Wildman–Crippen LogP) is 1.59. The maximum Gasteiger partial charge on any atom is 0.242 e. The number of aliphatic hydroxyl groups excluding tert-OH is 1. The molecule has 1 fully saturated rings. The van der Waals surface area contributed by atoms with Crippen molar-refractivity contribution in [3.05, 3.63) is 29.6 Å². The van der Waals surface area contributed by atoms with Crippen molar-refractivity contribution < 1.29 is 14.3 Å². The van der Waals surface area contributed by atoms with Crippen LogP contribution in [0.3, 0.4) is 0 Å². The Morgan fingerprint density at radius 2 is 2.32 bits per heavy atom. The molecule has 1 aliphatic heterocycles. The van der Waals surface area contributed by atoms with E-state index in [4.69, 9.17) is 0 Å². The molecular weight excluding hydrogens is 247 g/mol.